The van der Waals surface area contributed by atoms with Crippen LogP contribution in [0, 0.1) is 5.82 Å². The number of halogens is 1. The Morgan fingerprint density at radius 2 is 2.10 bits per heavy atom. The predicted molar refractivity (Wildman–Crippen MR) is 78.3 cm³/mol. The van der Waals surface area contributed by atoms with Gasteiger partial charge >= 0.3 is 0 Å². The fourth-order valence-corrected chi connectivity index (χ4v) is 2.79. The molecule has 1 atom stereocenters. The summed E-state index contributed by atoms with van der Waals surface area (Å²) in [4.78, 5) is 16.7. The van der Waals surface area contributed by atoms with Gasteiger partial charge in [-0.1, -0.05) is 18.2 Å². The van der Waals surface area contributed by atoms with E-state index in [2.05, 4.69) is 23.8 Å². The van der Waals surface area contributed by atoms with Crippen LogP contribution in [-0.4, -0.2) is 54.9 Å². The van der Waals surface area contributed by atoms with Crippen LogP contribution < -0.4 is 0 Å². The van der Waals surface area contributed by atoms with Crippen LogP contribution in [-0.2, 0) is 11.2 Å². The van der Waals surface area contributed by atoms with Gasteiger partial charge in [0, 0.05) is 25.6 Å². The monoisotopic (exact) mass is 278 g/mol. The molecule has 1 fully saturated rings. The topological polar surface area (TPSA) is 23.6 Å². The number of carbonyl (C=O) groups is 1. The Labute approximate surface area is 120 Å². The van der Waals surface area contributed by atoms with E-state index in [1.165, 1.54) is 6.07 Å². The maximum Gasteiger partial charge on any atom is 0.151 e. The zero-order chi connectivity index (χ0) is 14.5. The third-order valence-electron chi connectivity index (χ3n) is 3.91. The van der Waals surface area contributed by atoms with Crippen molar-refractivity contribution in [3.8, 4) is 0 Å². The quantitative estimate of drug-likeness (QED) is 0.841. The lowest BCUT2D eigenvalue weighted by Crippen LogP contribution is -2.41. The van der Waals surface area contributed by atoms with E-state index in [1.807, 2.05) is 0 Å². The summed E-state index contributed by atoms with van der Waals surface area (Å²) in [6, 6.07) is 6.89. The van der Waals surface area contributed by atoms with Crippen LogP contribution in [0.3, 0.4) is 0 Å². The second-order valence-corrected chi connectivity index (χ2v) is 5.74. The molecule has 0 aliphatic carbocycles. The van der Waals surface area contributed by atoms with Crippen molar-refractivity contribution < 1.29 is 9.18 Å². The van der Waals surface area contributed by atoms with E-state index >= 15 is 0 Å². The maximum absolute atomic E-state index is 13.5. The van der Waals surface area contributed by atoms with Gasteiger partial charge < -0.3 is 4.90 Å². The van der Waals surface area contributed by atoms with Crippen molar-refractivity contribution in [2.24, 2.45) is 0 Å². The van der Waals surface area contributed by atoms with Crippen molar-refractivity contribution in [3.05, 3.63) is 35.6 Å². The van der Waals surface area contributed by atoms with Crippen molar-refractivity contribution in [1.82, 2.24) is 9.80 Å². The molecular weight excluding hydrogens is 255 g/mol. The number of Topliss-reactive ketones (excluding diaryl/α,β-unsaturated/α-hetero) is 1. The average molecular weight is 278 g/mol. The molecule has 0 bridgehead atoms. The summed E-state index contributed by atoms with van der Waals surface area (Å²) >= 11 is 0. The molecule has 0 N–H and O–H groups in total. The first-order valence-corrected chi connectivity index (χ1v) is 7.24. The van der Waals surface area contributed by atoms with Gasteiger partial charge in [0.1, 0.15) is 5.82 Å². The summed E-state index contributed by atoms with van der Waals surface area (Å²) < 4.78 is 13.5. The Hall–Kier alpha value is -1.26. The van der Waals surface area contributed by atoms with E-state index in [-0.39, 0.29) is 18.0 Å². The zero-order valence-corrected chi connectivity index (χ0v) is 12.3. The third kappa shape index (κ3) is 4.12. The van der Waals surface area contributed by atoms with Gasteiger partial charge in [0.25, 0.3) is 0 Å². The minimum absolute atomic E-state index is 0.0894. The molecule has 1 aromatic carbocycles. The molecular formula is C16H23FN2O. The van der Waals surface area contributed by atoms with Gasteiger partial charge in [0.15, 0.2) is 5.78 Å². The summed E-state index contributed by atoms with van der Waals surface area (Å²) in [5.74, 6) is -0.198. The highest BCUT2D eigenvalue weighted by molar-refractivity contribution is 5.82. The van der Waals surface area contributed by atoms with E-state index < -0.39 is 0 Å². The number of benzene rings is 1. The number of hydrogen-bond donors (Lipinski definition) is 0. The summed E-state index contributed by atoms with van der Waals surface area (Å²) in [6.45, 7) is 5.56. The molecule has 1 saturated heterocycles. The first kappa shape index (κ1) is 15.1. The highest BCUT2D eigenvalue weighted by Gasteiger charge is 2.21. The number of carbonyl (C=O) groups excluding carboxylic acids is 1. The first-order valence-electron chi connectivity index (χ1n) is 7.24. The van der Waals surface area contributed by atoms with Crippen molar-refractivity contribution in [1.29, 1.82) is 0 Å². The maximum atomic E-state index is 13.5. The van der Waals surface area contributed by atoms with Gasteiger partial charge in [-0.3, -0.25) is 9.69 Å². The number of likely N-dealkylation sites (N-methyl/N-ethyl adjacent to an activating group) is 1. The molecule has 1 heterocycles. The Morgan fingerprint density at radius 3 is 2.85 bits per heavy atom. The van der Waals surface area contributed by atoms with E-state index in [0.717, 1.165) is 26.1 Å². The second-order valence-electron chi connectivity index (χ2n) is 5.74. The van der Waals surface area contributed by atoms with Crippen LogP contribution in [0.4, 0.5) is 4.39 Å². The largest absolute Gasteiger partial charge is 0.305 e. The minimum atomic E-state index is -0.288. The van der Waals surface area contributed by atoms with Crippen LogP contribution >= 0.6 is 0 Å². The molecule has 4 heteroatoms. The third-order valence-corrected chi connectivity index (χ3v) is 3.91. The Bertz CT molecular complexity index is 464. The lowest BCUT2D eigenvalue weighted by molar-refractivity contribution is -0.120. The van der Waals surface area contributed by atoms with Gasteiger partial charge in [-0.2, -0.15) is 0 Å². The molecule has 0 aromatic heterocycles. The summed E-state index contributed by atoms with van der Waals surface area (Å²) in [7, 11) is 2.11. The normalized spacial score (nSPS) is 21.6. The number of nitrogens with zero attached hydrogens (tertiary/aromatic N) is 2. The second kappa shape index (κ2) is 6.95. The van der Waals surface area contributed by atoms with Gasteiger partial charge in [0.05, 0.1) is 6.54 Å². The van der Waals surface area contributed by atoms with Crippen LogP contribution in [0.1, 0.15) is 18.9 Å². The summed E-state index contributed by atoms with van der Waals surface area (Å²) in [5.41, 5.74) is 0.497. The Balaban J connectivity index is 1.92. The average Bonchev–Trinajstić information content (AvgIpc) is 2.54. The van der Waals surface area contributed by atoms with Gasteiger partial charge in [0.2, 0.25) is 0 Å². The van der Waals surface area contributed by atoms with Crippen molar-refractivity contribution in [2.45, 2.75) is 25.8 Å². The van der Waals surface area contributed by atoms with Crippen molar-refractivity contribution in [2.75, 3.05) is 33.2 Å². The predicted octanol–water partition coefficient (Wildman–Crippen LogP) is 1.96. The van der Waals surface area contributed by atoms with E-state index in [0.29, 0.717) is 18.2 Å². The van der Waals surface area contributed by atoms with E-state index in [1.54, 1.807) is 18.2 Å². The molecule has 3 nitrogen and oxygen atoms in total. The highest BCUT2D eigenvalue weighted by Crippen LogP contribution is 2.11. The van der Waals surface area contributed by atoms with Gasteiger partial charge in [-0.25, -0.2) is 4.39 Å². The van der Waals surface area contributed by atoms with Crippen molar-refractivity contribution in [3.63, 3.8) is 0 Å². The highest BCUT2D eigenvalue weighted by atomic mass is 19.1. The fraction of sp³-hybridized carbons (Fsp3) is 0.562. The van der Waals surface area contributed by atoms with E-state index in [4.69, 9.17) is 0 Å². The molecule has 0 radical (unpaired) electrons. The number of ketones is 1. The fourth-order valence-electron chi connectivity index (χ4n) is 2.79. The summed E-state index contributed by atoms with van der Waals surface area (Å²) in [5, 5.41) is 0. The lowest BCUT2D eigenvalue weighted by atomic mass is 10.1. The molecule has 1 aliphatic heterocycles. The molecule has 1 aliphatic rings. The standard InChI is InChI=1S/C16H23FN2O/c1-13-11-18(2)8-5-9-19(13)12-15(20)10-14-6-3-4-7-16(14)17/h3-4,6-7,13H,5,8-12H2,1-2H3. The summed E-state index contributed by atoms with van der Waals surface area (Å²) in [6.07, 6.45) is 1.26. The van der Waals surface area contributed by atoms with E-state index in [9.17, 15) is 9.18 Å². The van der Waals surface area contributed by atoms with Crippen LogP contribution in [0.5, 0.6) is 0 Å². The Kier molecular flexibility index (Phi) is 5.26. The Morgan fingerprint density at radius 1 is 1.35 bits per heavy atom. The molecule has 1 unspecified atom stereocenters. The molecule has 110 valence electrons. The first-order chi connectivity index (χ1) is 9.56. The molecule has 1 aromatic rings. The molecule has 0 amide bonds. The molecule has 0 saturated carbocycles. The molecule has 20 heavy (non-hydrogen) atoms. The van der Waals surface area contributed by atoms with Crippen molar-refractivity contribution >= 4 is 5.78 Å². The zero-order valence-electron chi connectivity index (χ0n) is 12.3. The van der Waals surface area contributed by atoms with Crippen LogP contribution in [0.2, 0.25) is 0 Å². The number of hydrogen-bond acceptors (Lipinski definition) is 3. The lowest BCUT2D eigenvalue weighted by Gasteiger charge is -2.27. The molecule has 2 rings (SSSR count). The number of rotatable bonds is 4. The smallest absolute Gasteiger partial charge is 0.151 e. The van der Waals surface area contributed by atoms with Gasteiger partial charge in [-0.05, 0) is 38.6 Å². The molecule has 0 spiro atoms. The van der Waals surface area contributed by atoms with Gasteiger partial charge in [-0.15, -0.1) is 0 Å². The minimum Gasteiger partial charge on any atom is -0.305 e. The SMILES string of the molecule is CC1CN(C)CCCN1CC(=O)Cc1ccccc1F. The van der Waals surface area contributed by atoms with Crippen LogP contribution in [0.25, 0.3) is 0 Å². The van der Waals surface area contributed by atoms with Crippen LogP contribution in [0.15, 0.2) is 24.3 Å².